The number of hydrogen-bond acceptors (Lipinski definition) is 5. The third kappa shape index (κ3) is 7.38. The minimum absolute atomic E-state index is 0. The molecular formula is C20H31IN4O4. The van der Waals surface area contributed by atoms with Gasteiger partial charge in [0, 0.05) is 38.4 Å². The third-order valence-electron chi connectivity index (χ3n) is 5.15. The predicted molar refractivity (Wildman–Crippen MR) is 123 cm³/mol. The number of halogens is 1. The number of non-ortho nitro benzene ring substituents is 1. The molecule has 1 N–H and O–H groups in total. The SMILES string of the molecule is CCNC(=NCc1cccc([N+](=O)[O-])c1)N1CCC(OCC2CCCO2)CC1.I. The molecule has 2 fully saturated rings. The van der Waals surface area contributed by atoms with Crippen LogP contribution < -0.4 is 5.32 Å². The number of rotatable bonds is 7. The molecular weight excluding hydrogens is 487 g/mol. The van der Waals surface area contributed by atoms with Crippen molar-refractivity contribution >= 4 is 35.6 Å². The van der Waals surface area contributed by atoms with Gasteiger partial charge in [0.05, 0.1) is 30.3 Å². The number of piperidine rings is 1. The highest BCUT2D eigenvalue weighted by Gasteiger charge is 2.24. The maximum Gasteiger partial charge on any atom is 0.269 e. The van der Waals surface area contributed by atoms with Crippen molar-refractivity contribution in [1.29, 1.82) is 0 Å². The number of aliphatic imine (C=N–C) groups is 1. The summed E-state index contributed by atoms with van der Waals surface area (Å²) in [5.41, 5.74) is 0.932. The molecule has 9 heteroatoms. The highest BCUT2D eigenvalue weighted by Crippen LogP contribution is 2.18. The maximum atomic E-state index is 10.9. The first-order chi connectivity index (χ1) is 13.7. The summed E-state index contributed by atoms with van der Waals surface area (Å²) >= 11 is 0. The van der Waals surface area contributed by atoms with E-state index in [1.165, 1.54) is 6.07 Å². The Kier molecular flexibility index (Phi) is 10.1. The molecule has 1 aromatic carbocycles. The summed E-state index contributed by atoms with van der Waals surface area (Å²) in [7, 11) is 0. The van der Waals surface area contributed by atoms with E-state index < -0.39 is 0 Å². The smallest absolute Gasteiger partial charge is 0.269 e. The van der Waals surface area contributed by atoms with E-state index in [2.05, 4.69) is 15.2 Å². The van der Waals surface area contributed by atoms with E-state index in [0.29, 0.717) is 13.2 Å². The first kappa shape index (κ1) is 23.8. The third-order valence-corrected chi connectivity index (χ3v) is 5.15. The van der Waals surface area contributed by atoms with E-state index in [4.69, 9.17) is 9.47 Å². The number of guanidine groups is 1. The second kappa shape index (κ2) is 12.3. The molecule has 2 aliphatic rings. The Balaban J connectivity index is 0.00000300. The van der Waals surface area contributed by atoms with Crippen LogP contribution in [0.4, 0.5) is 5.69 Å². The predicted octanol–water partition coefficient (Wildman–Crippen LogP) is 3.34. The fraction of sp³-hybridized carbons (Fsp3) is 0.650. The second-order valence-corrected chi connectivity index (χ2v) is 7.25. The van der Waals surface area contributed by atoms with Gasteiger partial charge >= 0.3 is 0 Å². The Labute approximate surface area is 189 Å². The zero-order valence-corrected chi connectivity index (χ0v) is 19.2. The molecule has 3 rings (SSSR count). The standard InChI is InChI=1S/C20H30N4O4.HI/c1-2-21-20(22-14-16-5-3-6-17(13-16)24(25)26)23-10-8-18(9-11-23)28-15-19-7-4-12-27-19;/h3,5-6,13,18-19H,2,4,7-12,14-15H2,1H3,(H,21,22);1H. The van der Waals surface area contributed by atoms with E-state index in [0.717, 1.165) is 63.4 Å². The molecule has 1 unspecified atom stereocenters. The normalized spacial score (nSPS) is 20.4. The zero-order chi connectivity index (χ0) is 19.8. The monoisotopic (exact) mass is 518 g/mol. The topological polar surface area (TPSA) is 89.2 Å². The van der Waals surface area contributed by atoms with Gasteiger partial charge in [-0.05, 0) is 38.2 Å². The lowest BCUT2D eigenvalue weighted by Crippen LogP contribution is -2.47. The van der Waals surface area contributed by atoms with Crippen LogP contribution in [-0.2, 0) is 16.0 Å². The van der Waals surface area contributed by atoms with Gasteiger partial charge < -0.3 is 19.7 Å². The Morgan fingerprint density at radius 3 is 2.83 bits per heavy atom. The van der Waals surface area contributed by atoms with Crippen molar-refractivity contribution < 1.29 is 14.4 Å². The van der Waals surface area contributed by atoms with Crippen LogP contribution in [0.15, 0.2) is 29.3 Å². The van der Waals surface area contributed by atoms with Gasteiger partial charge in [-0.3, -0.25) is 10.1 Å². The molecule has 2 heterocycles. The summed E-state index contributed by atoms with van der Waals surface area (Å²) in [6.45, 7) is 6.57. The van der Waals surface area contributed by atoms with Gasteiger partial charge in [-0.1, -0.05) is 12.1 Å². The van der Waals surface area contributed by atoms with Crippen LogP contribution in [0, 0.1) is 10.1 Å². The van der Waals surface area contributed by atoms with Gasteiger partial charge in [0.15, 0.2) is 5.96 Å². The van der Waals surface area contributed by atoms with E-state index in [-0.39, 0.29) is 46.8 Å². The number of nitrogens with one attached hydrogen (secondary N) is 1. The van der Waals surface area contributed by atoms with Crippen molar-refractivity contribution in [1.82, 2.24) is 10.2 Å². The van der Waals surface area contributed by atoms with E-state index in [1.807, 2.05) is 13.0 Å². The van der Waals surface area contributed by atoms with Crippen LogP contribution >= 0.6 is 24.0 Å². The lowest BCUT2D eigenvalue weighted by molar-refractivity contribution is -0.384. The van der Waals surface area contributed by atoms with Gasteiger partial charge in [0.25, 0.3) is 5.69 Å². The molecule has 2 saturated heterocycles. The zero-order valence-electron chi connectivity index (χ0n) is 16.9. The molecule has 0 aliphatic carbocycles. The molecule has 8 nitrogen and oxygen atoms in total. The van der Waals surface area contributed by atoms with Crippen molar-refractivity contribution in [2.75, 3.05) is 32.8 Å². The Bertz CT molecular complexity index is 674. The average Bonchev–Trinajstić information content (AvgIpc) is 3.24. The molecule has 0 bridgehead atoms. The summed E-state index contributed by atoms with van der Waals surface area (Å²) in [5, 5.41) is 14.3. The average molecular weight is 518 g/mol. The van der Waals surface area contributed by atoms with Crippen LogP contribution in [0.5, 0.6) is 0 Å². The molecule has 1 atom stereocenters. The van der Waals surface area contributed by atoms with Crippen LogP contribution in [0.2, 0.25) is 0 Å². The molecule has 0 amide bonds. The summed E-state index contributed by atoms with van der Waals surface area (Å²) in [5.74, 6) is 0.853. The summed E-state index contributed by atoms with van der Waals surface area (Å²) in [4.78, 5) is 17.5. The van der Waals surface area contributed by atoms with Crippen LogP contribution in [0.3, 0.4) is 0 Å². The van der Waals surface area contributed by atoms with Crippen molar-refractivity contribution in [3.05, 3.63) is 39.9 Å². The fourth-order valence-electron chi connectivity index (χ4n) is 3.61. The summed E-state index contributed by atoms with van der Waals surface area (Å²) in [6, 6.07) is 6.65. The molecule has 29 heavy (non-hydrogen) atoms. The van der Waals surface area contributed by atoms with E-state index in [1.54, 1.807) is 12.1 Å². The minimum Gasteiger partial charge on any atom is -0.376 e. The molecule has 0 spiro atoms. The number of likely N-dealkylation sites (tertiary alicyclic amines) is 1. The lowest BCUT2D eigenvalue weighted by Gasteiger charge is -2.34. The number of nitro benzene ring substituents is 1. The highest BCUT2D eigenvalue weighted by atomic mass is 127. The molecule has 0 radical (unpaired) electrons. The summed E-state index contributed by atoms with van der Waals surface area (Å²) in [6.07, 6.45) is 4.72. The Morgan fingerprint density at radius 1 is 1.38 bits per heavy atom. The second-order valence-electron chi connectivity index (χ2n) is 7.25. The maximum absolute atomic E-state index is 10.9. The van der Waals surface area contributed by atoms with Crippen molar-refractivity contribution in [2.45, 2.75) is 51.4 Å². The number of ether oxygens (including phenoxy) is 2. The number of nitro groups is 1. The van der Waals surface area contributed by atoms with Gasteiger partial charge in [0.1, 0.15) is 0 Å². The number of nitrogens with zero attached hydrogens (tertiary/aromatic N) is 3. The Hall–Kier alpha value is -1.46. The highest BCUT2D eigenvalue weighted by molar-refractivity contribution is 14.0. The molecule has 2 aliphatic heterocycles. The van der Waals surface area contributed by atoms with Crippen LogP contribution in [0.25, 0.3) is 0 Å². The van der Waals surface area contributed by atoms with Gasteiger partial charge in [0.2, 0.25) is 0 Å². The van der Waals surface area contributed by atoms with Crippen molar-refractivity contribution in [3.8, 4) is 0 Å². The number of hydrogen-bond donors (Lipinski definition) is 1. The lowest BCUT2D eigenvalue weighted by atomic mass is 10.1. The molecule has 0 saturated carbocycles. The first-order valence-electron chi connectivity index (χ1n) is 10.2. The molecule has 162 valence electrons. The van der Waals surface area contributed by atoms with Gasteiger partial charge in [-0.2, -0.15) is 0 Å². The fourth-order valence-corrected chi connectivity index (χ4v) is 3.61. The van der Waals surface area contributed by atoms with Gasteiger partial charge in [-0.15, -0.1) is 24.0 Å². The number of benzene rings is 1. The van der Waals surface area contributed by atoms with E-state index >= 15 is 0 Å². The van der Waals surface area contributed by atoms with Crippen LogP contribution in [0.1, 0.15) is 38.2 Å². The van der Waals surface area contributed by atoms with Crippen LogP contribution in [-0.4, -0.2) is 60.8 Å². The Morgan fingerprint density at radius 2 is 2.17 bits per heavy atom. The molecule has 1 aromatic rings. The van der Waals surface area contributed by atoms with Crippen molar-refractivity contribution in [3.63, 3.8) is 0 Å². The molecule has 0 aromatic heterocycles. The first-order valence-corrected chi connectivity index (χ1v) is 10.2. The minimum atomic E-state index is -0.375. The summed E-state index contributed by atoms with van der Waals surface area (Å²) < 4.78 is 11.7. The van der Waals surface area contributed by atoms with Gasteiger partial charge in [-0.25, -0.2) is 4.99 Å². The quantitative estimate of drug-likeness (QED) is 0.196. The van der Waals surface area contributed by atoms with Crippen molar-refractivity contribution in [2.24, 2.45) is 4.99 Å². The largest absolute Gasteiger partial charge is 0.376 e. The van der Waals surface area contributed by atoms with E-state index in [9.17, 15) is 10.1 Å².